The van der Waals surface area contributed by atoms with Gasteiger partial charge >= 0.3 is 6.18 Å². The molecule has 1 saturated heterocycles. The molecule has 0 saturated carbocycles. The number of carbonyl (C=O) groups excluding carboxylic acids is 2. The molecule has 1 aliphatic heterocycles. The lowest BCUT2D eigenvalue weighted by Gasteiger charge is -2.25. The predicted molar refractivity (Wildman–Crippen MR) is 108 cm³/mol. The average Bonchev–Trinajstić information content (AvgIpc) is 3.10. The number of nitrogens with zero attached hydrogens (tertiary/aromatic N) is 2. The molecule has 2 aromatic carbocycles. The molecule has 8 heteroatoms. The first-order valence-corrected chi connectivity index (χ1v) is 9.63. The second-order valence-electron chi connectivity index (χ2n) is 7.59. The summed E-state index contributed by atoms with van der Waals surface area (Å²) in [5, 5.41) is 2.89. The number of hydrogen-bond donors (Lipinski definition) is 1. The first-order valence-electron chi connectivity index (χ1n) is 9.63. The monoisotopic (exact) mass is 419 g/mol. The number of amides is 2. The topological polar surface area (TPSA) is 52.7 Å². The molecule has 0 bridgehead atoms. The average molecular weight is 419 g/mol. The number of alkyl halides is 3. The molecule has 1 N–H and O–H groups in total. The maximum absolute atomic E-state index is 13.0. The van der Waals surface area contributed by atoms with Crippen molar-refractivity contribution in [1.29, 1.82) is 0 Å². The van der Waals surface area contributed by atoms with Crippen molar-refractivity contribution in [2.45, 2.75) is 18.6 Å². The number of likely N-dealkylation sites (N-methyl/N-ethyl adjacent to an activating group) is 1. The summed E-state index contributed by atoms with van der Waals surface area (Å²) in [5.74, 6) is -1.24. The van der Waals surface area contributed by atoms with E-state index in [4.69, 9.17) is 0 Å². The Bertz CT molecular complexity index is 900. The van der Waals surface area contributed by atoms with Gasteiger partial charge in [0.1, 0.15) is 0 Å². The van der Waals surface area contributed by atoms with Crippen molar-refractivity contribution in [3.63, 3.8) is 0 Å². The van der Waals surface area contributed by atoms with E-state index in [2.05, 4.69) is 5.32 Å². The van der Waals surface area contributed by atoms with Crippen molar-refractivity contribution in [3.05, 3.63) is 65.7 Å². The van der Waals surface area contributed by atoms with Gasteiger partial charge in [-0.25, -0.2) is 0 Å². The van der Waals surface area contributed by atoms with Crippen LogP contribution in [-0.2, 0) is 15.8 Å². The summed E-state index contributed by atoms with van der Waals surface area (Å²) >= 11 is 0. The first kappa shape index (κ1) is 21.8. The SMILES string of the molecule is CN(C)[C@@H](CNC(=O)[C@H]1CC(=O)N(c2cccc(C(F)(F)F)c2)C1)c1ccccc1. The second kappa shape index (κ2) is 8.87. The van der Waals surface area contributed by atoms with Crippen LogP contribution in [0.25, 0.3) is 0 Å². The highest BCUT2D eigenvalue weighted by molar-refractivity contribution is 6.00. The molecule has 160 valence electrons. The Kier molecular flexibility index (Phi) is 6.45. The smallest absolute Gasteiger partial charge is 0.354 e. The van der Waals surface area contributed by atoms with Crippen LogP contribution in [0, 0.1) is 5.92 Å². The molecule has 2 atom stereocenters. The fraction of sp³-hybridized carbons (Fsp3) is 0.364. The van der Waals surface area contributed by atoms with Crippen LogP contribution >= 0.6 is 0 Å². The van der Waals surface area contributed by atoms with E-state index < -0.39 is 17.7 Å². The molecule has 0 radical (unpaired) electrons. The summed E-state index contributed by atoms with van der Waals surface area (Å²) in [5.41, 5.74) is 0.383. The van der Waals surface area contributed by atoms with E-state index >= 15 is 0 Å². The summed E-state index contributed by atoms with van der Waals surface area (Å²) in [6.07, 6.45) is -4.52. The Morgan fingerprint density at radius 1 is 1.17 bits per heavy atom. The quantitative estimate of drug-likeness (QED) is 0.780. The highest BCUT2D eigenvalue weighted by Gasteiger charge is 2.37. The zero-order chi connectivity index (χ0) is 21.9. The van der Waals surface area contributed by atoms with Crippen LogP contribution < -0.4 is 10.2 Å². The molecule has 3 rings (SSSR count). The Hall–Kier alpha value is -2.87. The van der Waals surface area contributed by atoms with Crippen LogP contribution in [0.1, 0.15) is 23.6 Å². The molecule has 1 aliphatic rings. The van der Waals surface area contributed by atoms with E-state index in [0.29, 0.717) is 6.54 Å². The summed E-state index contributed by atoms with van der Waals surface area (Å²) < 4.78 is 38.9. The number of nitrogens with one attached hydrogen (secondary N) is 1. The molecule has 30 heavy (non-hydrogen) atoms. The number of benzene rings is 2. The molecule has 0 spiro atoms. The fourth-order valence-electron chi connectivity index (χ4n) is 3.60. The van der Waals surface area contributed by atoms with Gasteiger partial charge in [0.2, 0.25) is 11.8 Å². The summed E-state index contributed by atoms with van der Waals surface area (Å²) in [7, 11) is 3.83. The Labute approximate surface area is 173 Å². The lowest BCUT2D eigenvalue weighted by molar-refractivity contribution is -0.137. The van der Waals surface area contributed by atoms with Gasteiger partial charge in [-0.3, -0.25) is 9.59 Å². The normalized spacial score (nSPS) is 18.0. The number of anilines is 1. The maximum Gasteiger partial charge on any atom is 0.416 e. The van der Waals surface area contributed by atoms with Crippen molar-refractivity contribution in [3.8, 4) is 0 Å². The van der Waals surface area contributed by atoms with Gasteiger partial charge in [-0.05, 0) is 37.9 Å². The zero-order valence-corrected chi connectivity index (χ0v) is 16.8. The van der Waals surface area contributed by atoms with Gasteiger partial charge in [0, 0.05) is 25.2 Å². The van der Waals surface area contributed by atoms with E-state index in [-0.39, 0.29) is 36.5 Å². The largest absolute Gasteiger partial charge is 0.416 e. The third-order valence-corrected chi connectivity index (χ3v) is 5.26. The zero-order valence-electron chi connectivity index (χ0n) is 16.8. The molecule has 0 unspecified atom stereocenters. The van der Waals surface area contributed by atoms with E-state index in [1.165, 1.54) is 17.0 Å². The van der Waals surface area contributed by atoms with E-state index in [0.717, 1.165) is 17.7 Å². The van der Waals surface area contributed by atoms with Gasteiger partial charge in [-0.1, -0.05) is 36.4 Å². The Morgan fingerprint density at radius 3 is 2.50 bits per heavy atom. The molecule has 1 fully saturated rings. The number of rotatable bonds is 6. The van der Waals surface area contributed by atoms with Gasteiger partial charge in [0.25, 0.3) is 0 Å². The van der Waals surface area contributed by atoms with Gasteiger partial charge < -0.3 is 15.1 Å². The lowest BCUT2D eigenvalue weighted by atomic mass is 10.0. The molecule has 2 amide bonds. The van der Waals surface area contributed by atoms with E-state index in [1.54, 1.807) is 0 Å². The van der Waals surface area contributed by atoms with E-state index in [9.17, 15) is 22.8 Å². The van der Waals surface area contributed by atoms with E-state index in [1.807, 2.05) is 49.3 Å². The van der Waals surface area contributed by atoms with Gasteiger partial charge in [0.15, 0.2) is 0 Å². The standard InChI is InChI=1S/C22H24F3N3O2/c1-27(2)19(15-7-4-3-5-8-15)13-26-21(30)16-11-20(29)28(14-16)18-10-6-9-17(12-18)22(23,24)25/h3-10,12,16,19H,11,13-14H2,1-2H3,(H,26,30)/t16-,19-/m0/s1. The van der Waals surface area contributed by atoms with Crippen molar-refractivity contribution >= 4 is 17.5 Å². The highest BCUT2D eigenvalue weighted by atomic mass is 19.4. The molecule has 5 nitrogen and oxygen atoms in total. The highest BCUT2D eigenvalue weighted by Crippen LogP contribution is 2.33. The molecule has 1 heterocycles. The van der Waals surface area contributed by atoms with Crippen LogP contribution in [0.4, 0.5) is 18.9 Å². The number of hydrogen-bond acceptors (Lipinski definition) is 3. The van der Waals surface area contributed by atoms with Gasteiger partial charge in [0.05, 0.1) is 17.5 Å². The lowest BCUT2D eigenvalue weighted by Crippen LogP contribution is -2.38. The summed E-state index contributed by atoms with van der Waals surface area (Å²) in [4.78, 5) is 28.3. The molecular formula is C22H24F3N3O2. The minimum absolute atomic E-state index is 0.0277. The molecular weight excluding hydrogens is 395 g/mol. The minimum atomic E-state index is -4.49. The van der Waals surface area contributed by atoms with Crippen molar-refractivity contribution in [2.75, 3.05) is 32.1 Å². The van der Waals surface area contributed by atoms with Crippen molar-refractivity contribution < 1.29 is 22.8 Å². The van der Waals surface area contributed by atoms with Crippen LogP contribution in [0.2, 0.25) is 0 Å². The van der Waals surface area contributed by atoms with Crippen LogP contribution in [0.15, 0.2) is 54.6 Å². The molecule has 0 aromatic heterocycles. The first-order chi connectivity index (χ1) is 14.2. The summed E-state index contributed by atoms with van der Waals surface area (Å²) in [6, 6.07) is 14.3. The van der Waals surface area contributed by atoms with Crippen molar-refractivity contribution in [2.24, 2.45) is 5.92 Å². The fourth-order valence-corrected chi connectivity index (χ4v) is 3.60. The third kappa shape index (κ3) is 4.99. The predicted octanol–water partition coefficient (Wildman–Crippen LogP) is 3.48. The third-order valence-electron chi connectivity index (χ3n) is 5.26. The Balaban J connectivity index is 1.65. The Morgan fingerprint density at radius 2 is 1.87 bits per heavy atom. The van der Waals surface area contributed by atoms with Gasteiger partial charge in [-0.2, -0.15) is 13.2 Å². The molecule has 0 aliphatic carbocycles. The van der Waals surface area contributed by atoms with Crippen LogP contribution in [0.5, 0.6) is 0 Å². The number of halogens is 3. The summed E-state index contributed by atoms with van der Waals surface area (Å²) in [6.45, 7) is 0.425. The maximum atomic E-state index is 13.0. The van der Waals surface area contributed by atoms with Gasteiger partial charge in [-0.15, -0.1) is 0 Å². The van der Waals surface area contributed by atoms with Crippen LogP contribution in [0.3, 0.4) is 0 Å². The second-order valence-corrected chi connectivity index (χ2v) is 7.59. The molecule has 2 aromatic rings. The van der Waals surface area contributed by atoms with Crippen molar-refractivity contribution in [1.82, 2.24) is 10.2 Å². The number of carbonyl (C=O) groups is 2. The van der Waals surface area contributed by atoms with Crippen LogP contribution in [-0.4, -0.2) is 43.9 Å². The minimum Gasteiger partial charge on any atom is -0.354 e.